The first kappa shape index (κ1) is 20.6. The molecule has 1 aromatic rings. The Balaban J connectivity index is 2.02. The monoisotopic (exact) mass is 424 g/mol. The maximum absolute atomic E-state index is 12.1. The highest BCUT2D eigenvalue weighted by Crippen LogP contribution is 2.23. The number of nitrogens with zero attached hydrogens (tertiary/aromatic N) is 2. The third-order valence-electron chi connectivity index (χ3n) is 4.33. The number of methoxy groups -OCH3 is 1. The first-order valence-electron chi connectivity index (χ1n) is 9.10. The number of rotatable bonds is 6. The average Bonchev–Trinajstić information content (AvgIpc) is 3.07. The minimum Gasteiger partial charge on any atom is -0.496 e. The highest BCUT2D eigenvalue weighted by atomic mass is 79.9. The van der Waals surface area contributed by atoms with E-state index in [2.05, 4.69) is 26.6 Å². The van der Waals surface area contributed by atoms with Gasteiger partial charge in [-0.25, -0.2) is 4.99 Å². The molecule has 1 amide bonds. The van der Waals surface area contributed by atoms with Crippen LogP contribution in [-0.4, -0.2) is 49.6 Å². The summed E-state index contributed by atoms with van der Waals surface area (Å²) in [4.78, 5) is 18.8. The molecule has 1 saturated heterocycles. The van der Waals surface area contributed by atoms with E-state index in [4.69, 9.17) is 9.73 Å². The lowest BCUT2D eigenvalue weighted by atomic mass is 10.2. The van der Waals surface area contributed by atoms with Gasteiger partial charge in [-0.2, -0.15) is 0 Å². The van der Waals surface area contributed by atoms with Crippen LogP contribution in [0.25, 0.3) is 0 Å². The van der Waals surface area contributed by atoms with Gasteiger partial charge in [0.2, 0.25) is 5.91 Å². The van der Waals surface area contributed by atoms with Crippen LogP contribution < -0.4 is 15.4 Å². The van der Waals surface area contributed by atoms with E-state index in [1.807, 2.05) is 43.9 Å². The molecular formula is C19H29BrN4O2. The molecule has 7 heteroatoms. The molecule has 0 aromatic heterocycles. The molecule has 1 aromatic carbocycles. The number of guanidine groups is 1. The van der Waals surface area contributed by atoms with Crippen molar-refractivity contribution in [2.45, 2.75) is 39.8 Å². The molecule has 2 N–H and O–H groups in total. The zero-order valence-electron chi connectivity index (χ0n) is 16.0. The van der Waals surface area contributed by atoms with Crippen LogP contribution in [0, 0.1) is 5.92 Å². The predicted octanol–water partition coefficient (Wildman–Crippen LogP) is 2.77. The summed E-state index contributed by atoms with van der Waals surface area (Å²) in [5.41, 5.74) is 1.02. The van der Waals surface area contributed by atoms with Crippen LogP contribution in [0.3, 0.4) is 0 Å². The first-order valence-corrected chi connectivity index (χ1v) is 9.90. The van der Waals surface area contributed by atoms with Crippen LogP contribution in [-0.2, 0) is 11.3 Å². The van der Waals surface area contributed by atoms with Gasteiger partial charge in [-0.1, -0.05) is 29.8 Å². The first-order chi connectivity index (χ1) is 12.4. The zero-order valence-corrected chi connectivity index (χ0v) is 17.6. The predicted molar refractivity (Wildman–Crippen MR) is 108 cm³/mol. The van der Waals surface area contributed by atoms with Gasteiger partial charge in [0.05, 0.1) is 13.7 Å². The number of halogens is 1. The molecule has 6 nitrogen and oxygen atoms in total. The number of hydrogen-bond acceptors (Lipinski definition) is 3. The summed E-state index contributed by atoms with van der Waals surface area (Å²) in [6, 6.07) is 6.13. The Morgan fingerprint density at radius 3 is 2.88 bits per heavy atom. The minimum absolute atomic E-state index is 0.0413. The number of hydrogen-bond donors (Lipinski definition) is 2. The fraction of sp³-hybridized carbons (Fsp3) is 0.579. The molecule has 1 unspecified atom stereocenters. The maximum atomic E-state index is 12.1. The fourth-order valence-electron chi connectivity index (χ4n) is 2.99. The molecule has 26 heavy (non-hydrogen) atoms. The lowest BCUT2D eigenvalue weighted by Gasteiger charge is -2.20. The van der Waals surface area contributed by atoms with Crippen LogP contribution in [0.15, 0.2) is 27.7 Å². The van der Waals surface area contributed by atoms with Gasteiger partial charge in [-0.3, -0.25) is 4.79 Å². The van der Waals surface area contributed by atoms with E-state index >= 15 is 0 Å². The summed E-state index contributed by atoms with van der Waals surface area (Å²) in [7, 11) is 1.67. The second-order valence-electron chi connectivity index (χ2n) is 6.72. The molecule has 0 bridgehead atoms. The van der Waals surface area contributed by atoms with Gasteiger partial charge in [-0.05, 0) is 31.5 Å². The average molecular weight is 425 g/mol. The number of carbonyl (C=O) groups excluding carboxylic acids is 1. The van der Waals surface area contributed by atoms with Gasteiger partial charge < -0.3 is 20.3 Å². The smallest absolute Gasteiger partial charge is 0.225 e. The minimum atomic E-state index is 0.0413. The Morgan fingerprint density at radius 1 is 1.46 bits per heavy atom. The topological polar surface area (TPSA) is 66.0 Å². The number of amides is 1. The van der Waals surface area contributed by atoms with Crippen molar-refractivity contribution in [1.82, 2.24) is 15.5 Å². The molecule has 144 valence electrons. The number of likely N-dealkylation sites (tertiary alicyclic amines) is 1. The Bertz CT molecular complexity index is 648. The van der Waals surface area contributed by atoms with E-state index in [1.165, 1.54) is 0 Å². The second-order valence-corrected chi connectivity index (χ2v) is 7.64. The van der Waals surface area contributed by atoms with Crippen molar-refractivity contribution >= 4 is 27.8 Å². The van der Waals surface area contributed by atoms with Crippen LogP contribution in [0.4, 0.5) is 0 Å². The summed E-state index contributed by atoms with van der Waals surface area (Å²) in [5.74, 6) is 1.84. The maximum Gasteiger partial charge on any atom is 0.225 e. The SMILES string of the molecule is CCNC(=NCc1cc(Br)ccc1OC)NC1CCN(C(=O)C(C)C)C1. The van der Waals surface area contributed by atoms with Crippen LogP contribution in [0.1, 0.15) is 32.8 Å². The standard InChI is InChI=1S/C19H29BrN4O2/c1-5-21-19(22-11-14-10-15(20)6-7-17(14)26-4)23-16-8-9-24(12-16)18(25)13(2)3/h6-7,10,13,16H,5,8-9,11-12H2,1-4H3,(H2,21,22,23). The van der Waals surface area contributed by atoms with Crippen molar-refractivity contribution < 1.29 is 9.53 Å². The van der Waals surface area contributed by atoms with Crippen LogP contribution >= 0.6 is 15.9 Å². The van der Waals surface area contributed by atoms with E-state index in [0.29, 0.717) is 6.54 Å². The molecule has 0 saturated carbocycles. The van der Waals surface area contributed by atoms with E-state index in [0.717, 1.165) is 47.8 Å². The van der Waals surface area contributed by atoms with Gasteiger partial charge in [0.15, 0.2) is 5.96 Å². The molecule has 1 aliphatic heterocycles. The third kappa shape index (κ3) is 5.62. The van der Waals surface area contributed by atoms with Crippen molar-refractivity contribution in [2.75, 3.05) is 26.7 Å². The third-order valence-corrected chi connectivity index (χ3v) is 4.82. The molecule has 0 spiro atoms. The Hall–Kier alpha value is -1.76. The second kappa shape index (κ2) is 9.80. The summed E-state index contributed by atoms with van der Waals surface area (Å²) in [5, 5.41) is 6.74. The summed E-state index contributed by atoms with van der Waals surface area (Å²) < 4.78 is 6.41. The fourth-order valence-corrected chi connectivity index (χ4v) is 3.40. The Morgan fingerprint density at radius 2 is 2.23 bits per heavy atom. The molecule has 2 rings (SSSR count). The molecule has 0 radical (unpaired) electrons. The molecule has 1 heterocycles. The van der Waals surface area contributed by atoms with Gasteiger partial charge in [0.25, 0.3) is 0 Å². The normalized spacial score (nSPS) is 17.5. The number of benzene rings is 1. The summed E-state index contributed by atoms with van der Waals surface area (Å²) in [6.45, 7) is 8.75. The molecular weight excluding hydrogens is 396 g/mol. The molecule has 1 aliphatic rings. The van der Waals surface area contributed by atoms with Crippen LogP contribution in [0.2, 0.25) is 0 Å². The van der Waals surface area contributed by atoms with Crippen molar-refractivity contribution in [1.29, 1.82) is 0 Å². The number of nitrogens with one attached hydrogen (secondary N) is 2. The molecule has 0 aliphatic carbocycles. The highest BCUT2D eigenvalue weighted by molar-refractivity contribution is 9.10. The van der Waals surface area contributed by atoms with Gasteiger partial charge in [-0.15, -0.1) is 0 Å². The number of aliphatic imine (C=N–C) groups is 1. The summed E-state index contributed by atoms with van der Waals surface area (Å²) in [6.07, 6.45) is 0.934. The zero-order chi connectivity index (χ0) is 19.1. The van der Waals surface area contributed by atoms with E-state index in [1.54, 1.807) is 7.11 Å². The highest BCUT2D eigenvalue weighted by Gasteiger charge is 2.27. The van der Waals surface area contributed by atoms with Crippen molar-refractivity contribution in [3.05, 3.63) is 28.2 Å². The van der Waals surface area contributed by atoms with E-state index < -0.39 is 0 Å². The Kier molecular flexibility index (Phi) is 7.75. The largest absolute Gasteiger partial charge is 0.496 e. The summed E-state index contributed by atoms with van der Waals surface area (Å²) >= 11 is 3.49. The van der Waals surface area contributed by atoms with Crippen LogP contribution in [0.5, 0.6) is 5.75 Å². The van der Waals surface area contributed by atoms with Crippen molar-refractivity contribution in [2.24, 2.45) is 10.9 Å². The van der Waals surface area contributed by atoms with Crippen molar-refractivity contribution in [3.8, 4) is 5.75 Å². The molecule has 1 atom stereocenters. The Labute approximate surface area is 164 Å². The lowest BCUT2D eigenvalue weighted by Crippen LogP contribution is -2.45. The van der Waals surface area contributed by atoms with Gasteiger partial charge >= 0.3 is 0 Å². The van der Waals surface area contributed by atoms with Gasteiger partial charge in [0.1, 0.15) is 5.75 Å². The van der Waals surface area contributed by atoms with E-state index in [-0.39, 0.29) is 17.9 Å². The number of ether oxygens (including phenoxy) is 1. The quantitative estimate of drug-likeness (QED) is 0.544. The van der Waals surface area contributed by atoms with Gasteiger partial charge in [0, 0.05) is 41.6 Å². The molecule has 1 fully saturated rings. The van der Waals surface area contributed by atoms with E-state index in [9.17, 15) is 4.79 Å². The number of carbonyl (C=O) groups is 1. The lowest BCUT2D eigenvalue weighted by molar-refractivity contribution is -0.133. The van der Waals surface area contributed by atoms with Crippen molar-refractivity contribution in [3.63, 3.8) is 0 Å².